The molecule has 7 heteroatoms. The molecule has 1 N–H and O–H groups in total. The molecule has 1 saturated carbocycles. The minimum absolute atomic E-state index is 0.207. The molecule has 1 aromatic carbocycles. The van der Waals surface area contributed by atoms with Crippen molar-refractivity contribution in [2.24, 2.45) is 11.8 Å². The van der Waals surface area contributed by atoms with E-state index in [9.17, 15) is 17.6 Å². The van der Waals surface area contributed by atoms with Crippen LogP contribution < -0.4 is 5.32 Å². The van der Waals surface area contributed by atoms with Crippen LogP contribution in [0.5, 0.6) is 0 Å². The maximum absolute atomic E-state index is 13.2. The van der Waals surface area contributed by atoms with Crippen molar-refractivity contribution in [1.29, 1.82) is 0 Å². The Morgan fingerprint density at radius 2 is 2.09 bits per heavy atom. The van der Waals surface area contributed by atoms with Gasteiger partial charge in [0.1, 0.15) is 5.82 Å². The van der Waals surface area contributed by atoms with Crippen LogP contribution in [0.3, 0.4) is 0 Å². The first kappa shape index (κ1) is 16.4. The molecule has 2 fully saturated rings. The highest BCUT2D eigenvalue weighted by molar-refractivity contribution is 7.89. The number of hydrogen-bond acceptors (Lipinski definition) is 3. The van der Waals surface area contributed by atoms with Crippen LogP contribution in [-0.4, -0.2) is 37.5 Å². The zero-order valence-electron chi connectivity index (χ0n) is 13.1. The largest absolute Gasteiger partial charge is 0.326 e. The molecule has 1 aromatic rings. The van der Waals surface area contributed by atoms with Gasteiger partial charge in [-0.05, 0) is 55.9 Å². The fourth-order valence-corrected chi connectivity index (χ4v) is 4.78. The molecule has 1 unspecified atom stereocenters. The van der Waals surface area contributed by atoms with Gasteiger partial charge in [0.05, 0.1) is 11.7 Å². The molecule has 0 aromatic heterocycles. The van der Waals surface area contributed by atoms with Crippen molar-refractivity contribution in [3.63, 3.8) is 0 Å². The Morgan fingerprint density at radius 3 is 2.74 bits per heavy atom. The highest BCUT2D eigenvalue weighted by atomic mass is 32.2. The van der Waals surface area contributed by atoms with Gasteiger partial charge in [-0.1, -0.05) is 0 Å². The van der Waals surface area contributed by atoms with Gasteiger partial charge < -0.3 is 5.32 Å². The van der Waals surface area contributed by atoms with Crippen molar-refractivity contribution in [2.75, 3.05) is 24.2 Å². The lowest BCUT2D eigenvalue weighted by Crippen LogP contribution is -2.33. The molecule has 1 aliphatic carbocycles. The van der Waals surface area contributed by atoms with Crippen molar-refractivity contribution in [3.8, 4) is 0 Å². The summed E-state index contributed by atoms with van der Waals surface area (Å²) in [4.78, 5) is 12.3. The molecule has 126 valence electrons. The van der Waals surface area contributed by atoms with E-state index in [1.165, 1.54) is 16.4 Å². The molecule has 1 saturated heterocycles. The number of nitrogens with one attached hydrogen (secondary N) is 1. The normalized spacial score (nSPS) is 22.3. The van der Waals surface area contributed by atoms with Gasteiger partial charge in [-0.2, -0.15) is 0 Å². The number of carbonyl (C=O) groups is 1. The fraction of sp³-hybridized carbons (Fsp3) is 0.562. The number of benzene rings is 1. The van der Waals surface area contributed by atoms with E-state index < -0.39 is 10.0 Å². The average molecular weight is 340 g/mol. The van der Waals surface area contributed by atoms with E-state index in [0.29, 0.717) is 30.1 Å². The molecule has 0 radical (unpaired) electrons. The third kappa shape index (κ3) is 3.90. The van der Waals surface area contributed by atoms with Gasteiger partial charge >= 0.3 is 0 Å². The Bertz CT molecular complexity index is 716. The summed E-state index contributed by atoms with van der Waals surface area (Å²) in [7, 11) is -3.24. The molecule has 1 aliphatic heterocycles. The van der Waals surface area contributed by atoms with Crippen molar-refractivity contribution in [1.82, 2.24) is 4.31 Å². The fourth-order valence-electron chi connectivity index (χ4n) is 2.85. The van der Waals surface area contributed by atoms with Crippen LogP contribution in [-0.2, 0) is 14.8 Å². The summed E-state index contributed by atoms with van der Waals surface area (Å²) < 4.78 is 39.2. The summed E-state index contributed by atoms with van der Waals surface area (Å²) in [6.07, 6.45) is 2.50. The summed E-state index contributed by atoms with van der Waals surface area (Å²) in [5.41, 5.74) is 0.996. The zero-order chi connectivity index (χ0) is 16.6. The molecule has 3 rings (SSSR count). The van der Waals surface area contributed by atoms with E-state index in [2.05, 4.69) is 5.32 Å². The summed E-state index contributed by atoms with van der Waals surface area (Å²) in [5, 5.41) is 2.75. The number of amides is 1. The van der Waals surface area contributed by atoms with Gasteiger partial charge in [-0.25, -0.2) is 17.1 Å². The second kappa shape index (κ2) is 6.20. The Hall–Kier alpha value is -1.47. The van der Waals surface area contributed by atoms with Crippen molar-refractivity contribution >= 4 is 21.6 Å². The maximum atomic E-state index is 13.2. The molecule has 1 heterocycles. The van der Waals surface area contributed by atoms with E-state index in [1.807, 2.05) is 0 Å². The second-order valence-corrected chi connectivity index (χ2v) is 8.53. The molecular weight excluding hydrogens is 319 g/mol. The number of hydrogen-bond donors (Lipinski definition) is 1. The van der Waals surface area contributed by atoms with Crippen LogP contribution in [0.25, 0.3) is 0 Å². The van der Waals surface area contributed by atoms with Gasteiger partial charge in [0.25, 0.3) is 0 Å². The predicted molar refractivity (Wildman–Crippen MR) is 86.0 cm³/mol. The lowest BCUT2D eigenvalue weighted by Gasteiger charge is -2.16. The summed E-state index contributed by atoms with van der Waals surface area (Å²) in [6.45, 7) is 2.27. The first-order valence-electron chi connectivity index (χ1n) is 7.90. The molecule has 5 nitrogen and oxygen atoms in total. The minimum Gasteiger partial charge on any atom is -0.326 e. The Morgan fingerprint density at radius 1 is 1.35 bits per heavy atom. The van der Waals surface area contributed by atoms with Crippen molar-refractivity contribution in [3.05, 3.63) is 29.6 Å². The smallest absolute Gasteiger partial charge is 0.228 e. The number of carbonyl (C=O) groups excluding carboxylic acids is 1. The monoisotopic (exact) mass is 340 g/mol. The number of aryl methyl sites for hydroxylation is 1. The zero-order valence-corrected chi connectivity index (χ0v) is 13.9. The first-order chi connectivity index (χ1) is 10.8. The van der Waals surface area contributed by atoms with Crippen molar-refractivity contribution < 1.29 is 17.6 Å². The molecular formula is C16H21FN2O3S. The van der Waals surface area contributed by atoms with Crippen molar-refractivity contribution in [2.45, 2.75) is 26.2 Å². The lowest BCUT2D eigenvalue weighted by molar-refractivity contribution is -0.119. The summed E-state index contributed by atoms with van der Waals surface area (Å²) in [5.74, 6) is -0.371. The Labute approximate surface area is 135 Å². The third-order valence-electron chi connectivity index (χ3n) is 4.48. The number of anilines is 1. The van der Waals surface area contributed by atoms with Crippen LogP contribution in [0, 0.1) is 24.6 Å². The Balaban J connectivity index is 1.59. The highest BCUT2D eigenvalue weighted by Crippen LogP contribution is 2.32. The summed E-state index contributed by atoms with van der Waals surface area (Å²) >= 11 is 0. The van der Waals surface area contributed by atoms with E-state index >= 15 is 0 Å². The van der Waals surface area contributed by atoms with E-state index in [0.717, 1.165) is 12.8 Å². The van der Waals surface area contributed by atoms with E-state index in [1.54, 1.807) is 13.0 Å². The van der Waals surface area contributed by atoms with Gasteiger partial charge in [0.15, 0.2) is 0 Å². The number of halogens is 1. The van der Waals surface area contributed by atoms with E-state index in [-0.39, 0.29) is 29.9 Å². The van der Waals surface area contributed by atoms with Crippen LogP contribution in [0.4, 0.5) is 10.1 Å². The Kier molecular flexibility index (Phi) is 4.42. The predicted octanol–water partition coefficient (Wildman–Crippen LogP) is 2.13. The van der Waals surface area contributed by atoms with Gasteiger partial charge in [0.2, 0.25) is 15.9 Å². The van der Waals surface area contributed by atoms with Gasteiger partial charge in [-0.15, -0.1) is 0 Å². The first-order valence-corrected chi connectivity index (χ1v) is 9.51. The molecule has 1 atom stereocenters. The van der Waals surface area contributed by atoms with E-state index in [4.69, 9.17) is 0 Å². The average Bonchev–Trinajstić information content (AvgIpc) is 3.13. The van der Waals surface area contributed by atoms with Crippen LogP contribution in [0.2, 0.25) is 0 Å². The van der Waals surface area contributed by atoms with Gasteiger partial charge in [0, 0.05) is 18.8 Å². The number of sulfonamides is 1. The molecule has 0 bridgehead atoms. The molecule has 2 aliphatic rings. The SMILES string of the molecule is Cc1cc(NC(=O)C2CCN(S(=O)(=O)CC3CC3)C2)ccc1F. The second-order valence-electron chi connectivity index (χ2n) is 6.52. The van der Waals surface area contributed by atoms with Crippen LogP contribution in [0.15, 0.2) is 18.2 Å². The standard InChI is InChI=1S/C16H21FN2O3S/c1-11-8-14(4-5-15(11)17)18-16(20)13-6-7-19(9-13)23(21,22)10-12-2-3-12/h4-5,8,12-13H,2-3,6-7,9-10H2,1H3,(H,18,20). The highest BCUT2D eigenvalue weighted by Gasteiger charge is 2.38. The third-order valence-corrected chi connectivity index (χ3v) is 6.49. The number of nitrogens with zero attached hydrogens (tertiary/aromatic N) is 1. The van der Waals surface area contributed by atoms with Crippen LogP contribution >= 0.6 is 0 Å². The maximum Gasteiger partial charge on any atom is 0.228 e. The molecule has 23 heavy (non-hydrogen) atoms. The minimum atomic E-state index is -3.24. The molecule has 0 spiro atoms. The summed E-state index contributed by atoms with van der Waals surface area (Å²) in [6, 6.07) is 4.40. The quantitative estimate of drug-likeness (QED) is 0.893. The van der Waals surface area contributed by atoms with Gasteiger partial charge in [-0.3, -0.25) is 4.79 Å². The topological polar surface area (TPSA) is 66.5 Å². The molecule has 1 amide bonds. The number of rotatable bonds is 5. The lowest BCUT2D eigenvalue weighted by atomic mass is 10.1. The van der Waals surface area contributed by atoms with Crippen LogP contribution in [0.1, 0.15) is 24.8 Å².